The molecule has 0 spiro atoms. The van der Waals surface area contributed by atoms with Gasteiger partial charge in [-0.1, -0.05) is 30.3 Å². The molecule has 6 nitrogen and oxygen atoms in total. The molecule has 0 bridgehead atoms. The molecule has 1 heterocycles. The van der Waals surface area contributed by atoms with Crippen LogP contribution in [0.25, 0.3) is 0 Å². The second kappa shape index (κ2) is 8.97. The van der Waals surface area contributed by atoms with Crippen LogP contribution in [-0.4, -0.2) is 23.1 Å². The highest BCUT2D eigenvalue weighted by Crippen LogP contribution is 2.17. The maximum atomic E-state index is 13.9. The van der Waals surface area contributed by atoms with E-state index in [0.29, 0.717) is 11.3 Å². The maximum Gasteiger partial charge on any atom is 0.340 e. The first-order valence-corrected chi connectivity index (χ1v) is 9.01. The van der Waals surface area contributed by atoms with Gasteiger partial charge in [-0.2, -0.15) is 0 Å². The number of esters is 1. The van der Waals surface area contributed by atoms with Crippen molar-refractivity contribution < 1.29 is 18.7 Å². The molecule has 0 saturated carbocycles. The summed E-state index contributed by atoms with van der Waals surface area (Å²) in [5.41, 5.74) is 0.682. The summed E-state index contributed by atoms with van der Waals surface area (Å²) in [6.45, 7) is 1.89. The number of nitrogens with zero attached hydrogens (tertiary/aromatic N) is 1. The van der Waals surface area contributed by atoms with Crippen LogP contribution in [0, 0.1) is 5.82 Å². The molecule has 0 atom stereocenters. The smallest absolute Gasteiger partial charge is 0.340 e. The van der Waals surface area contributed by atoms with Gasteiger partial charge in [-0.05, 0) is 31.2 Å². The normalized spacial score (nSPS) is 10.4. The third kappa shape index (κ3) is 4.76. The van der Waals surface area contributed by atoms with Crippen LogP contribution in [-0.2, 0) is 11.3 Å². The van der Waals surface area contributed by atoms with Gasteiger partial charge in [0.2, 0.25) is 0 Å². The van der Waals surface area contributed by atoms with E-state index in [1.165, 1.54) is 29.0 Å². The average Bonchev–Trinajstić information content (AvgIpc) is 2.71. The van der Waals surface area contributed by atoms with Gasteiger partial charge in [0.25, 0.3) is 11.5 Å². The molecule has 0 fully saturated rings. The van der Waals surface area contributed by atoms with Crippen molar-refractivity contribution in [1.82, 2.24) is 4.57 Å². The molecule has 0 unspecified atom stereocenters. The summed E-state index contributed by atoms with van der Waals surface area (Å²) >= 11 is 0. The van der Waals surface area contributed by atoms with E-state index in [2.05, 4.69) is 5.32 Å². The fourth-order valence-corrected chi connectivity index (χ4v) is 2.77. The largest absolute Gasteiger partial charge is 0.462 e. The second-order valence-corrected chi connectivity index (χ2v) is 6.20. The summed E-state index contributed by atoms with van der Waals surface area (Å²) in [4.78, 5) is 36.9. The highest BCUT2D eigenvalue weighted by molar-refractivity contribution is 6.07. The summed E-state index contributed by atoms with van der Waals surface area (Å²) < 4.78 is 20.1. The summed E-state index contributed by atoms with van der Waals surface area (Å²) in [6.07, 6.45) is 1.36. The Morgan fingerprint density at radius 3 is 2.52 bits per heavy atom. The Hall–Kier alpha value is -3.74. The molecule has 0 aliphatic rings. The van der Waals surface area contributed by atoms with E-state index in [1.807, 2.05) is 0 Å². The Kier molecular flexibility index (Phi) is 6.19. The molecule has 0 aliphatic carbocycles. The number of rotatable bonds is 6. The van der Waals surface area contributed by atoms with Crippen LogP contribution < -0.4 is 10.9 Å². The van der Waals surface area contributed by atoms with E-state index in [0.717, 1.165) is 0 Å². The van der Waals surface area contributed by atoms with E-state index in [9.17, 15) is 18.8 Å². The number of ether oxygens (including phenoxy) is 1. The molecule has 148 valence electrons. The van der Waals surface area contributed by atoms with Gasteiger partial charge in [-0.15, -0.1) is 0 Å². The van der Waals surface area contributed by atoms with Crippen LogP contribution in [0.15, 0.2) is 71.7 Å². The molecular formula is C22H19FN2O4. The lowest BCUT2D eigenvalue weighted by molar-refractivity contribution is 0.0527. The molecule has 29 heavy (non-hydrogen) atoms. The summed E-state index contributed by atoms with van der Waals surface area (Å²) in [6, 6.07) is 15.2. The number of aromatic nitrogens is 1. The highest BCUT2D eigenvalue weighted by Gasteiger charge is 2.15. The number of hydrogen-bond donors (Lipinski definition) is 1. The molecular weight excluding hydrogens is 375 g/mol. The summed E-state index contributed by atoms with van der Waals surface area (Å²) in [5.74, 6) is -1.49. The van der Waals surface area contributed by atoms with E-state index in [-0.39, 0.29) is 29.8 Å². The predicted octanol–water partition coefficient (Wildman–Crippen LogP) is 3.46. The Morgan fingerprint density at radius 2 is 1.76 bits per heavy atom. The molecule has 0 aliphatic heterocycles. The number of nitrogens with one attached hydrogen (secondary N) is 1. The third-order valence-electron chi connectivity index (χ3n) is 4.21. The Morgan fingerprint density at radius 1 is 1.03 bits per heavy atom. The zero-order chi connectivity index (χ0) is 20.8. The third-order valence-corrected chi connectivity index (χ3v) is 4.21. The summed E-state index contributed by atoms with van der Waals surface area (Å²) in [7, 11) is 0. The van der Waals surface area contributed by atoms with Crippen LogP contribution in [0.1, 0.15) is 33.2 Å². The van der Waals surface area contributed by atoms with Crippen molar-refractivity contribution in [2.45, 2.75) is 13.5 Å². The van der Waals surface area contributed by atoms with Gasteiger partial charge in [0.15, 0.2) is 0 Å². The number of amides is 1. The molecule has 1 N–H and O–H groups in total. The van der Waals surface area contributed by atoms with Gasteiger partial charge >= 0.3 is 5.97 Å². The van der Waals surface area contributed by atoms with Crippen LogP contribution >= 0.6 is 0 Å². The Bertz CT molecular complexity index is 1110. The number of hydrogen-bond acceptors (Lipinski definition) is 4. The molecule has 0 radical (unpaired) electrons. The number of para-hydroxylation sites is 1. The van der Waals surface area contributed by atoms with Crippen LogP contribution in [0.5, 0.6) is 0 Å². The zero-order valence-corrected chi connectivity index (χ0v) is 15.7. The van der Waals surface area contributed by atoms with Gasteiger partial charge in [0, 0.05) is 17.8 Å². The number of anilines is 1. The van der Waals surface area contributed by atoms with Crippen LogP contribution in [0.3, 0.4) is 0 Å². The van der Waals surface area contributed by atoms with Crippen molar-refractivity contribution in [3.8, 4) is 0 Å². The first kappa shape index (κ1) is 20.0. The molecule has 1 aromatic heterocycles. The number of pyridine rings is 1. The van der Waals surface area contributed by atoms with Gasteiger partial charge in [-0.3, -0.25) is 9.59 Å². The van der Waals surface area contributed by atoms with Crippen LogP contribution in [0.4, 0.5) is 10.1 Å². The first-order chi connectivity index (χ1) is 14.0. The van der Waals surface area contributed by atoms with Gasteiger partial charge < -0.3 is 14.6 Å². The predicted molar refractivity (Wildman–Crippen MR) is 107 cm³/mol. The second-order valence-electron chi connectivity index (χ2n) is 6.20. The molecule has 3 aromatic rings. The van der Waals surface area contributed by atoms with E-state index in [4.69, 9.17) is 4.74 Å². The first-order valence-electron chi connectivity index (χ1n) is 9.01. The minimum absolute atomic E-state index is 0.00790. The molecule has 3 rings (SSSR count). The highest BCUT2D eigenvalue weighted by atomic mass is 19.1. The van der Waals surface area contributed by atoms with Crippen molar-refractivity contribution in [1.29, 1.82) is 0 Å². The monoisotopic (exact) mass is 394 g/mol. The minimum Gasteiger partial charge on any atom is -0.462 e. The quantitative estimate of drug-likeness (QED) is 0.650. The lowest BCUT2D eigenvalue weighted by Gasteiger charge is -2.12. The Labute approximate surface area is 166 Å². The van der Waals surface area contributed by atoms with E-state index < -0.39 is 17.7 Å². The standard InChI is InChI=1S/C22H19FN2O4/c1-2-29-22(28)17-8-4-6-10-19(17)24-21(27)16-11-12-20(26)25(14-16)13-15-7-3-5-9-18(15)23/h3-12,14H,2,13H2,1H3,(H,24,27). The lowest BCUT2D eigenvalue weighted by atomic mass is 10.1. The van der Waals surface area contributed by atoms with E-state index in [1.54, 1.807) is 49.4 Å². The van der Waals surface area contributed by atoms with Crippen molar-refractivity contribution in [3.63, 3.8) is 0 Å². The number of benzene rings is 2. The van der Waals surface area contributed by atoms with Crippen molar-refractivity contribution in [2.75, 3.05) is 11.9 Å². The number of carbonyl (C=O) groups is 2. The van der Waals surface area contributed by atoms with Gasteiger partial charge in [0.05, 0.1) is 30.0 Å². The Balaban J connectivity index is 1.85. The van der Waals surface area contributed by atoms with Crippen LogP contribution in [0.2, 0.25) is 0 Å². The van der Waals surface area contributed by atoms with Gasteiger partial charge in [0.1, 0.15) is 5.82 Å². The molecule has 0 saturated heterocycles. The molecule has 1 amide bonds. The van der Waals surface area contributed by atoms with E-state index >= 15 is 0 Å². The fraction of sp³-hybridized carbons (Fsp3) is 0.136. The fourth-order valence-electron chi connectivity index (χ4n) is 2.77. The molecule has 2 aromatic carbocycles. The van der Waals surface area contributed by atoms with Gasteiger partial charge in [-0.25, -0.2) is 9.18 Å². The molecule has 7 heteroatoms. The number of halogens is 1. The lowest BCUT2D eigenvalue weighted by Crippen LogP contribution is -2.23. The average molecular weight is 394 g/mol. The topological polar surface area (TPSA) is 77.4 Å². The zero-order valence-electron chi connectivity index (χ0n) is 15.7. The number of carbonyl (C=O) groups excluding carboxylic acids is 2. The van der Waals surface area contributed by atoms with Crippen molar-refractivity contribution in [2.24, 2.45) is 0 Å². The minimum atomic E-state index is -0.548. The van der Waals surface area contributed by atoms with Crippen molar-refractivity contribution >= 4 is 17.6 Å². The van der Waals surface area contributed by atoms with Crippen molar-refractivity contribution in [3.05, 3.63) is 99.7 Å². The summed E-state index contributed by atoms with van der Waals surface area (Å²) in [5, 5.41) is 2.66. The maximum absolute atomic E-state index is 13.9. The SMILES string of the molecule is CCOC(=O)c1ccccc1NC(=O)c1ccc(=O)n(Cc2ccccc2F)c1.